The Morgan fingerprint density at radius 3 is 1.94 bits per heavy atom. The predicted octanol–water partition coefficient (Wildman–Crippen LogP) is 2.09. The highest BCUT2D eigenvalue weighted by molar-refractivity contribution is 5.46. The summed E-state index contributed by atoms with van der Waals surface area (Å²) < 4.78 is 0. The minimum absolute atomic E-state index is 0.297. The number of rotatable bonds is 5. The molecule has 0 heterocycles. The molecular formula is C14H25N3. The first kappa shape index (κ1) is 14.0. The van der Waals surface area contributed by atoms with Crippen molar-refractivity contribution in [1.82, 2.24) is 4.90 Å². The van der Waals surface area contributed by atoms with E-state index in [9.17, 15) is 0 Å². The third kappa shape index (κ3) is 3.45. The van der Waals surface area contributed by atoms with Crippen molar-refractivity contribution < 1.29 is 0 Å². The van der Waals surface area contributed by atoms with E-state index in [4.69, 9.17) is 5.73 Å². The Hall–Kier alpha value is -1.06. The van der Waals surface area contributed by atoms with Gasteiger partial charge in [0.1, 0.15) is 0 Å². The number of benzene rings is 1. The van der Waals surface area contributed by atoms with E-state index in [1.807, 2.05) is 0 Å². The Bertz CT molecular complexity index is 330. The molecule has 1 aromatic rings. The fourth-order valence-electron chi connectivity index (χ4n) is 1.89. The van der Waals surface area contributed by atoms with Gasteiger partial charge in [-0.1, -0.05) is 12.1 Å². The van der Waals surface area contributed by atoms with Crippen molar-refractivity contribution in [3.05, 3.63) is 29.8 Å². The summed E-state index contributed by atoms with van der Waals surface area (Å²) in [6.07, 6.45) is 0. The molecule has 1 aromatic carbocycles. The average molecular weight is 235 g/mol. The second-order valence-electron chi connectivity index (χ2n) is 5.00. The van der Waals surface area contributed by atoms with E-state index in [1.165, 1.54) is 11.3 Å². The zero-order valence-electron chi connectivity index (χ0n) is 11.6. The van der Waals surface area contributed by atoms with Gasteiger partial charge in [0.25, 0.3) is 0 Å². The lowest BCUT2D eigenvalue weighted by molar-refractivity contribution is 0.201. The average Bonchev–Trinajstić information content (AvgIpc) is 2.30. The lowest BCUT2D eigenvalue weighted by Gasteiger charge is -2.31. The molecule has 1 atom stereocenters. The molecule has 0 aliphatic carbocycles. The van der Waals surface area contributed by atoms with Gasteiger partial charge in [-0.15, -0.1) is 0 Å². The monoisotopic (exact) mass is 235 g/mol. The summed E-state index contributed by atoms with van der Waals surface area (Å²) in [6.45, 7) is 5.03. The van der Waals surface area contributed by atoms with E-state index < -0.39 is 0 Å². The number of hydrogen-bond acceptors (Lipinski definition) is 3. The molecule has 3 nitrogen and oxygen atoms in total. The van der Waals surface area contributed by atoms with E-state index in [-0.39, 0.29) is 0 Å². The van der Waals surface area contributed by atoms with Gasteiger partial charge in [-0.25, -0.2) is 0 Å². The minimum Gasteiger partial charge on any atom is -0.378 e. The molecule has 1 unspecified atom stereocenters. The molecule has 0 aliphatic heterocycles. The van der Waals surface area contributed by atoms with Gasteiger partial charge in [0.15, 0.2) is 0 Å². The van der Waals surface area contributed by atoms with Gasteiger partial charge < -0.3 is 10.6 Å². The number of nitrogens with zero attached hydrogens (tertiary/aromatic N) is 2. The molecule has 2 N–H and O–H groups in total. The molecule has 3 heteroatoms. The second kappa shape index (κ2) is 6.03. The van der Waals surface area contributed by atoms with Crippen molar-refractivity contribution >= 4 is 5.69 Å². The lowest BCUT2D eigenvalue weighted by Crippen LogP contribution is -2.35. The topological polar surface area (TPSA) is 32.5 Å². The normalized spacial score (nSPS) is 13.2. The van der Waals surface area contributed by atoms with Crippen LogP contribution in [0.3, 0.4) is 0 Å². The number of nitrogens with two attached hydrogens (primary N) is 1. The molecule has 0 fully saturated rings. The second-order valence-corrected chi connectivity index (χ2v) is 5.00. The molecule has 0 aromatic heterocycles. The Labute approximate surface area is 105 Å². The molecule has 0 bridgehead atoms. The number of anilines is 1. The molecular weight excluding hydrogens is 210 g/mol. The van der Waals surface area contributed by atoms with Crippen molar-refractivity contribution in [3.63, 3.8) is 0 Å². The maximum Gasteiger partial charge on any atom is 0.0470 e. The highest BCUT2D eigenvalue weighted by Crippen LogP contribution is 2.22. The zero-order valence-corrected chi connectivity index (χ0v) is 11.6. The Balaban J connectivity index is 2.89. The maximum absolute atomic E-state index is 5.89. The van der Waals surface area contributed by atoms with Crippen molar-refractivity contribution in [2.24, 2.45) is 5.73 Å². The molecule has 0 saturated carbocycles. The van der Waals surface area contributed by atoms with Crippen LogP contribution in [0.15, 0.2) is 24.3 Å². The molecule has 0 radical (unpaired) electrons. The van der Waals surface area contributed by atoms with Crippen LogP contribution >= 0.6 is 0 Å². The van der Waals surface area contributed by atoms with Crippen LogP contribution in [0.4, 0.5) is 5.69 Å². The minimum atomic E-state index is 0.297. The molecule has 0 spiro atoms. The molecule has 0 saturated heterocycles. The summed E-state index contributed by atoms with van der Waals surface area (Å²) in [5, 5.41) is 0. The van der Waals surface area contributed by atoms with Crippen LogP contribution in [-0.4, -0.2) is 38.6 Å². The van der Waals surface area contributed by atoms with E-state index in [0.29, 0.717) is 18.6 Å². The highest BCUT2D eigenvalue weighted by Gasteiger charge is 2.17. The first-order chi connectivity index (χ1) is 7.97. The van der Waals surface area contributed by atoms with Crippen LogP contribution in [0.25, 0.3) is 0 Å². The van der Waals surface area contributed by atoms with E-state index in [1.54, 1.807) is 0 Å². The van der Waals surface area contributed by atoms with Gasteiger partial charge >= 0.3 is 0 Å². The molecule has 17 heavy (non-hydrogen) atoms. The maximum atomic E-state index is 5.89. The quantitative estimate of drug-likeness (QED) is 0.848. The summed E-state index contributed by atoms with van der Waals surface area (Å²) in [5.74, 6) is 0. The van der Waals surface area contributed by atoms with Gasteiger partial charge in [-0.3, -0.25) is 4.90 Å². The summed E-state index contributed by atoms with van der Waals surface area (Å²) in [4.78, 5) is 4.41. The van der Waals surface area contributed by atoms with Gasteiger partial charge in [0.05, 0.1) is 0 Å². The first-order valence-corrected chi connectivity index (χ1v) is 6.16. The predicted molar refractivity (Wildman–Crippen MR) is 75.5 cm³/mol. The van der Waals surface area contributed by atoms with Crippen LogP contribution < -0.4 is 10.6 Å². The van der Waals surface area contributed by atoms with Gasteiger partial charge in [-0.05, 0) is 38.6 Å². The van der Waals surface area contributed by atoms with E-state index in [2.05, 4.69) is 69.1 Å². The lowest BCUT2D eigenvalue weighted by atomic mass is 10.0. The fraction of sp³-hybridized carbons (Fsp3) is 0.571. The smallest absolute Gasteiger partial charge is 0.0470 e. The standard InChI is InChI=1S/C14H25N3/c1-11(2)17(5)14(10-15)12-6-8-13(9-7-12)16(3)4/h6-9,11,14H,10,15H2,1-5H3. The summed E-state index contributed by atoms with van der Waals surface area (Å²) in [6, 6.07) is 9.43. The Morgan fingerprint density at radius 2 is 1.59 bits per heavy atom. The third-order valence-electron chi connectivity index (χ3n) is 3.32. The van der Waals surface area contributed by atoms with Crippen molar-refractivity contribution in [1.29, 1.82) is 0 Å². The molecule has 0 aliphatic rings. The number of hydrogen-bond donors (Lipinski definition) is 1. The summed E-state index contributed by atoms with van der Waals surface area (Å²) in [7, 11) is 6.23. The van der Waals surface area contributed by atoms with Crippen molar-refractivity contribution in [2.45, 2.75) is 25.9 Å². The van der Waals surface area contributed by atoms with Crippen molar-refractivity contribution in [2.75, 3.05) is 32.6 Å². The number of likely N-dealkylation sites (N-methyl/N-ethyl adjacent to an activating group) is 1. The van der Waals surface area contributed by atoms with Crippen LogP contribution in [0.2, 0.25) is 0 Å². The van der Waals surface area contributed by atoms with Crippen LogP contribution in [-0.2, 0) is 0 Å². The third-order valence-corrected chi connectivity index (χ3v) is 3.32. The van der Waals surface area contributed by atoms with Gasteiger partial charge in [0.2, 0.25) is 0 Å². The SMILES string of the molecule is CC(C)N(C)C(CN)c1ccc(N(C)C)cc1. The van der Waals surface area contributed by atoms with Crippen molar-refractivity contribution in [3.8, 4) is 0 Å². The fourth-order valence-corrected chi connectivity index (χ4v) is 1.89. The van der Waals surface area contributed by atoms with Crippen LogP contribution in [0, 0.1) is 0 Å². The zero-order chi connectivity index (χ0) is 13.0. The summed E-state index contributed by atoms with van der Waals surface area (Å²) >= 11 is 0. The van der Waals surface area contributed by atoms with E-state index in [0.717, 1.165) is 0 Å². The highest BCUT2D eigenvalue weighted by atomic mass is 15.2. The molecule has 0 amide bonds. The van der Waals surface area contributed by atoms with E-state index >= 15 is 0 Å². The van der Waals surface area contributed by atoms with Crippen LogP contribution in [0.5, 0.6) is 0 Å². The van der Waals surface area contributed by atoms with Gasteiger partial charge in [-0.2, -0.15) is 0 Å². The Kier molecular flexibility index (Phi) is 4.97. The molecule has 1 rings (SSSR count). The molecule has 96 valence electrons. The largest absolute Gasteiger partial charge is 0.378 e. The van der Waals surface area contributed by atoms with Gasteiger partial charge in [0, 0.05) is 38.4 Å². The van der Waals surface area contributed by atoms with Crippen LogP contribution in [0.1, 0.15) is 25.5 Å². The summed E-state index contributed by atoms with van der Waals surface area (Å²) in [5.41, 5.74) is 8.39. The Morgan fingerprint density at radius 1 is 1.06 bits per heavy atom. The first-order valence-electron chi connectivity index (χ1n) is 6.16.